The van der Waals surface area contributed by atoms with Gasteiger partial charge in [0.2, 0.25) is 11.8 Å². The summed E-state index contributed by atoms with van der Waals surface area (Å²) in [4.78, 5) is 16.0. The standard InChI is InChI=1S/C16H20N2O3S/c1-11(2)17-15(19)10-22-9-13-8-21-16(18-13)12-4-6-14(20-3)7-5-12/h4-8,11H,9-10H2,1-3H3,(H,17,19). The second-order valence-electron chi connectivity index (χ2n) is 5.09. The van der Waals surface area contributed by atoms with Gasteiger partial charge in [-0.3, -0.25) is 4.79 Å². The minimum atomic E-state index is 0.0406. The molecule has 0 radical (unpaired) electrons. The number of methoxy groups -OCH3 is 1. The van der Waals surface area contributed by atoms with Gasteiger partial charge >= 0.3 is 0 Å². The first-order valence-electron chi connectivity index (χ1n) is 7.04. The van der Waals surface area contributed by atoms with E-state index in [2.05, 4.69) is 10.3 Å². The molecule has 1 heterocycles. The Balaban J connectivity index is 1.87. The fourth-order valence-corrected chi connectivity index (χ4v) is 2.56. The number of nitrogens with one attached hydrogen (secondary N) is 1. The minimum absolute atomic E-state index is 0.0406. The largest absolute Gasteiger partial charge is 0.497 e. The van der Waals surface area contributed by atoms with Gasteiger partial charge in [-0.15, -0.1) is 11.8 Å². The first-order chi connectivity index (χ1) is 10.6. The molecule has 0 saturated heterocycles. The molecule has 0 saturated carbocycles. The molecule has 0 fully saturated rings. The molecule has 0 aliphatic rings. The molecule has 2 rings (SSSR count). The zero-order valence-corrected chi connectivity index (χ0v) is 13.8. The van der Waals surface area contributed by atoms with Crippen molar-refractivity contribution < 1.29 is 13.9 Å². The number of hydrogen-bond donors (Lipinski definition) is 1. The van der Waals surface area contributed by atoms with Gasteiger partial charge in [0.15, 0.2) is 0 Å². The molecule has 22 heavy (non-hydrogen) atoms. The van der Waals surface area contributed by atoms with E-state index >= 15 is 0 Å². The number of thioether (sulfide) groups is 1. The minimum Gasteiger partial charge on any atom is -0.497 e. The van der Waals surface area contributed by atoms with Crippen molar-refractivity contribution in [2.24, 2.45) is 0 Å². The number of benzene rings is 1. The average molecular weight is 320 g/mol. The van der Waals surface area contributed by atoms with Gasteiger partial charge in [-0.1, -0.05) is 0 Å². The number of aromatic nitrogens is 1. The van der Waals surface area contributed by atoms with E-state index in [0.29, 0.717) is 17.4 Å². The summed E-state index contributed by atoms with van der Waals surface area (Å²) in [6.07, 6.45) is 1.63. The normalized spacial score (nSPS) is 10.7. The van der Waals surface area contributed by atoms with Crippen LogP contribution in [0.3, 0.4) is 0 Å². The lowest BCUT2D eigenvalue weighted by Crippen LogP contribution is -2.31. The van der Waals surface area contributed by atoms with E-state index in [1.54, 1.807) is 13.4 Å². The predicted octanol–water partition coefficient (Wildman–Crippen LogP) is 3.11. The van der Waals surface area contributed by atoms with Crippen LogP contribution in [0.5, 0.6) is 5.75 Å². The molecule has 5 nitrogen and oxygen atoms in total. The summed E-state index contributed by atoms with van der Waals surface area (Å²) in [5, 5.41) is 2.86. The molecular formula is C16H20N2O3S. The number of nitrogens with zero attached hydrogens (tertiary/aromatic N) is 1. The number of amides is 1. The van der Waals surface area contributed by atoms with Crippen molar-refractivity contribution in [2.75, 3.05) is 12.9 Å². The van der Waals surface area contributed by atoms with E-state index in [-0.39, 0.29) is 11.9 Å². The summed E-state index contributed by atoms with van der Waals surface area (Å²) in [5.41, 5.74) is 1.72. The van der Waals surface area contributed by atoms with E-state index in [4.69, 9.17) is 9.15 Å². The molecule has 2 aromatic rings. The quantitative estimate of drug-likeness (QED) is 0.849. The summed E-state index contributed by atoms with van der Waals surface area (Å²) < 4.78 is 10.6. The lowest BCUT2D eigenvalue weighted by atomic mass is 10.2. The lowest BCUT2D eigenvalue weighted by molar-refractivity contribution is -0.119. The molecule has 1 amide bonds. The average Bonchev–Trinajstić information content (AvgIpc) is 2.95. The lowest BCUT2D eigenvalue weighted by Gasteiger charge is -2.06. The van der Waals surface area contributed by atoms with Crippen molar-refractivity contribution in [3.8, 4) is 17.2 Å². The van der Waals surface area contributed by atoms with Gasteiger partial charge in [-0.2, -0.15) is 0 Å². The third-order valence-corrected chi connectivity index (χ3v) is 3.79. The van der Waals surface area contributed by atoms with Gasteiger partial charge in [0, 0.05) is 17.4 Å². The summed E-state index contributed by atoms with van der Waals surface area (Å²) in [5.74, 6) is 2.47. The van der Waals surface area contributed by atoms with E-state index in [1.165, 1.54) is 11.8 Å². The third-order valence-electron chi connectivity index (χ3n) is 2.82. The van der Waals surface area contributed by atoms with E-state index < -0.39 is 0 Å². The molecule has 118 valence electrons. The van der Waals surface area contributed by atoms with Crippen molar-refractivity contribution in [3.63, 3.8) is 0 Å². The van der Waals surface area contributed by atoms with Crippen LogP contribution < -0.4 is 10.1 Å². The molecular weight excluding hydrogens is 300 g/mol. The number of carbonyl (C=O) groups is 1. The highest BCUT2D eigenvalue weighted by Crippen LogP contribution is 2.23. The monoisotopic (exact) mass is 320 g/mol. The second kappa shape index (κ2) is 7.89. The first-order valence-corrected chi connectivity index (χ1v) is 8.20. The van der Waals surface area contributed by atoms with Gasteiger partial charge in [-0.05, 0) is 38.1 Å². The molecule has 1 N–H and O–H groups in total. The Bertz CT molecular complexity index is 608. The van der Waals surface area contributed by atoms with Crippen molar-refractivity contribution >= 4 is 17.7 Å². The summed E-state index contributed by atoms with van der Waals surface area (Å²) in [6, 6.07) is 7.70. The van der Waals surface area contributed by atoms with Crippen molar-refractivity contribution in [1.82, 2.24) is 10.3 Å². The highest BCUT2D eigenvalue weighted by atomic mass is 32.2. The Morgan fingerprint density at radius 1 is 1.36 bits per heavy atom. The van der Waals surface area contributed by atoms with Gasteiger partial charge in [-0.25, -0.2) is 4.98 Å². The molecule has 1 aromatic carbocycles. The zero-order chi connectivity index (χ0) is 15.9. The van der Waals surface area contributed by atoms with Crippen LogP contribution in [0.25, 0.3) is 11.5 Å². The molecule has 0 aliphatic carbocycles. The zero-order valence-electron chi connectivity index (χ0n) is 13.0. The number of oxazole rings is 1. The summed E-state index contributed by atoms with van der Waals surface area (Å²) >= 11 is 1.52. The van der Waals surface area contributed by atoms with Crippen LogP contribution in [-0.2, 0) is 10.5 Å². The van der Waals surface area contributed by atoms with Crippen LogP contribution in [-0.4, -0.2) is 29.8 Å². The molecule has 0 aliphatic heterocycles. The van der Waals surface area contributed by atoms with Crippen LogP contribution in [0.1, 0.15) is 19.5 Å². The molecule has 0 unspecified atom stereocenters. The maximum absolute atomic E-state index is 11.5. The smallest absolute Gasteiger partial charge is 0.230 e. The highest BCUT2D eigenvalue weighted by Gasteiger charge is 2.08. The number of carbonyl (C=O) groups excluding carboxylic acids is 1. The fraction of sp³-hybridized carbons (Fsp3) is 0.375. The molecule has 6 heteroatoms. The Morgan fingerprint density at radius 3 is 2.73 bits per heavy atom. The van der Waals surface area contributed by atoms with E-state index in [9.17, 15) is 4.79 Å². The Labute approximate surface area is 134 Å². The maximum Gasteiger partial charge on any atom is 0.230 e. The van der Waals surface area contributed by atoms with Crippen molar-refractivity contribution in [2.45, 2.75) is 25.6 Å². The van der Waals surface area contributed by atoms with Crippen LogP contribution in [0, 0.1) is 0 Å². The van der Waals surface area contributed by atoms with Gasteiger partial charge < -0.3 is 14.5 Å². The van der Waals surface area contributed by atoms with Gasteiger partial charge in [0.25, 0.3) is 0 Å². The molecule has 0 atom stereocenters. The second-order valence-corrected chi connectivity index (χ2v) is 6.07. The number of hydrogen-bond acceptors (Lipinski definition) is 5. The number of ether oxygens (including phenoxy) is 1. The topological polar surface area (TPSA) is 64.4 Å². The first kappa shape index (κ1) is 16.4. The molecule has 1 aromatic heterocycles. The Hall–Kier alpha value is -1.95. The molecule has 0 bridgehead atoms. The Morgan fingerprint density at radius 2 is 2.09 bits per heavy atom. The Kier molecular flexibility index (Phi) is 5.89. The van der Waals surface area contributed by atoms with Gasteiger partial charge in [0.05, 0.1) is 18.6 Å². The van der Waals surface area contributed by atoms with E-state index in [1.807, 2.05) is 38.1 Å². The fourth-order valence-electron chi connectivity index (χ4n) is 1.85. The number of rotatable bonds is 7. The summed E-state index contributed by atoms with van der Waals surface area (Å²) in [6.45, 7) is 3.89. The molecule has 0 spiro atoms. The predicted molar refractivity (Wildman–Crippen MR) is 87.9 cm³/mol. The third kappa shape index (κ3) is 4.80. The van der Waals surface area contributed by atoms with Crippen LogP contribution in [0.2, 0.25) is 0 Å². The SMILES string of the molecule is COc1ccc(-c2nc(CSCC(=O)NC(C)C)co2)cc1. The van der Waals surface area contributed by atoms with Crippen LogP contribution in [0.4, 0.5) is 0 Å². The van der Waals surface area contributed by atoms with Crippen molar-refractivity contribution in [3.05, 3.63) is 36.2 Å². The van der Waals surface area contributed by atoms with Crippen LogP contribution in [0.15, 0.2) is 34.9 Å². The van der Waals surface area contributed by atoms with Gasteiger partial charge in [0.1, 0.15) is 12.0 Å². The van der Waals surface area contributed by atoms with Crippen molar-refractivity contribution in [1.29, 1.82) is 0 Å². The highest BCUT2D eigenvalue weighted by molar-refractivity contribution is 7.99. The summed E-state index contributed by atoms with van der Waals surface area (Å²) in [7, 11) is 1.63. The van der Waals surface area contributed by atoms with Crippen LogP contribution >= 0.6 is 11.8 Å². The van der Waals surface area contributed by atoms with E-state index in [0.717, 1.165) is 17.0 Å². The maximum atomic E-state index is 11.5.